The first kappa shape index (κ1) is 22.8. The third-order valence-corrected chi connectivity index (χ3v) is 6.21. The van der Waals surface area contributed by atoms with Crippen molar-refractivity contribution in [2.75, 3.05) is 18.6 Å². The van der Waals surface area contributed by atoms with Crippen molar-refractivity contribution in [3.63, 3.8) is 0 Å². The Bertz CT molecular complexity index is 1140. The lowest BCUT2D eigenvalue weighted by molar-refractivity contribution is -0.131. The van der Waals surface area contributed by atoms with Crippen LogP contribution in [0.2, 0.25) is 0 Å². The van der Waals surface area contributed by atoms with E-state index in [1.54, 1.807) is 11.8 Å². The second kappa shape index (κ2) is 10.5. The van der Waals surface area contributed by atoms with E-state index >= 15 is 0 Å². The number of carbonyl (C=O) groups is 3. The van der Waals surface area contributed by atoms with Gasteiger partial charge >= 0.3 is 6.03 Å². The van der Waals surface area contributed by atoms with Crippen LogP contribution in [0.4, 0.5) is 4.79 Å². The number of hydrogen-bond acceptors (Lipinski definition) is 6. The van der Waals surface area contributed by atoms with Crippen molar-refractivity contribution in [1.29, 1.82) is 0 Å². The largest absolute Gasteiger partial charge is 0.346 e. The number of benzene rings is 1. The molecule has 1 aromatic carbocycles. The van der Waals surface area contributed by atoms with Gasteiger partial charge in [0.2, 0.25) is 5.91 Å². The average molecular weight is 467 g/mol. The molecule has 1 aliphatic heterocycles. The van der Waals surface area contributed by atoms with Crippen LogP contribution in [-0.2, 0) is 16.0 Å². The molecule has 10 heteroatoms. The molecular formula is C23H26N6O3S. The van der Waals surface area contributed by atoms with Gasteiger partial charge in [-0.1, -0.05) is 36.4 Å². The monoisotopic (exact) mass is 466 g/mol. The Labute approximate surface area is 195 Å². The molecule has 172 valence electrons. The van der Waals surface area contributed by atoms with Gasteiger partial charge in [0.05, 0.1) is 12.5 Å². The Morgan fingerprint density at radius 1 is 1.15 bits per heavy atom. The van der Waals surface area contributed by atoms with E-state index in [1.165, 1.54) is 4.90 Å². The molecule has 1 aliphatic rings. The van der Waals surface area contributed by atoms with Gasteiger partial charge in [0.25, 0.3) is 5.91 Å². The summed E-state index contributed by atoms with van der Waals surface area (Å²) in [7, 11) is 0. The summed E-state index contributed by atoms with van der Waals surface area (Å²) in [6.45, 7) is 0.273. The maximum absolute atomic E-state index is 12.8. The first-order chi connectivity index (χ1) is 16.1. The van der Waals surface area contributed by atoms with Gasteiger partial charge in [-0.05, 0) is 42.5 Å². The van der Waals surface area contributed by atoms with Crippen LogP contribution in [0, 0.1) is 0 Å². The standard InChI is InChI=1S/C23H26N6O3S/c1-33-14-11-17(21-27-26-19-9-5-6-12-28(19)21)24-20(30)15-18-22(31)29(23(32)25-18)13-10-16-7-3-2-4-8-16/h2-9,12,17-18H,10-11,13-15H2,1H3,(H,24,30)(H,25,32)/t17-,18-/m0/s1. The number of nitrogens with zero attached hydrogens (tertiary/aromatic N) is 4. The van der Waals surface area contributed by atoms with Gasteiger partial charge in [-0.2, -0.15) is 11.8 Å². The highest BCUT2D eigenvalue weighted by Crippen LogP contribution is 2.19. The van der Waals surface area contributed by atoms with Crippen LogP contribution in [0.1, 0.15) is 30.3 Å². The normalized spacial score (nSPS) is 16.8. The zero-order valence-corrected chi connectivity index (χ0v) is 19.1. The van der Waals surface area contributed by atoms with Crippen LogP contribution in [0.5, 0.6) is 0 Å². The van der Waals surface area contributed by atoms with Crippen molar-refractivity contribution >= 4 is 35.3 Å². The van der Waals surface area contributed by atoms with Crippen molar-refractivity contribution in [3.8, 4) is 0 Å². The Balaban J connectivity index is 1.39. The molecule has 0 saturated carbocycles. The van der Waals surface area contributed by atoms with Crippen LogP contribution < -0.4 is 10.6 Å². The Kier molecular flexibility index (Phi) is 7.23. The minimum absolute atomic E-state index is 0.126. The number of pyridine rings is 1. The molecule has 0 spiro atoms. The summed E-state index contributed by atoms with van der Waals surface area (Å²) in [5.74, 6) is 0.760. The van der Waals surface area contributed by atoms with Crippen molar-refractivity contribution in [1.82, 2.24) is 30.1 Å². The molecule has 0 radical (unpaired) electrons. The number of hydrogen-bond donors (Lipinski definition) is 2. The maximum Gasteiger partial charge on any atom is 0.324 e. The van der Waals surface area contributed by atoms with E-state index in [0.29, 0.717) is 24.3 Å². The number of aromatic nitrogens is 3. The molecule has 2 aromatic heterocycles. The highest BCUT2D eigenvalue weighted by molar-refractivity contribution is 7.98. The zero-order valence-electron chi connectivity index (χ0n) is 18.3. The number of fused-ring (bicyclic) bond motifs is 1. The Morgan fingerprint density at radius 3 is 2.73 bits per heavy atom. The van der Waals surface area contributed by atoms with Gasteiger partial charge in [0.1, 0.15) is 6.04 Å². The number of imide groups is 1. The number of nitrogens with one attached hydrogen (secondary N) is 2. The van der Waals surface area contributed by atoms with Gasteiger partial charge in [0.15, 0.2) is 11.5 Å². The van der Waals surface area contributed by atoms with Gasteiger partial charge in [0, 0.05) is 12.7 Å². The molecule has 3 heterocycles. The minimum atomic E-state index is -0.871. The lowest BCUT2D eigenvalue weighted by Crippen LogP contribution is -2.38. The second-order valence-corrected chi connectivity index (χ2v) is 8.81. The van der Waals surface area contributed by atoms with Crippen LogP contribution >= 0.6 is 11.8 Å². The van der Waals surface area contributed by atoms with Gasteiger partial charge in [-0.3, -0.25) is 18.9 Å². The summed E-state index contributed by atoms with van der Waals surface area (Å²) >= 11 is 1.67. The summed E-state index contributed by atoms with van der Waals surface area (Å²) in [5, 5.41) is 14.1. The molecule has 4 rings (SSSR count). The highest BCUT2D eigenvalue weighted by atomic mass is 32.2. The lowest BCUT2D eigenvalue weighted by Gasteiger charge is -2.18. The third-order valence-electron chi connectivity index (χ3n) is 5.56. The molecule has 4 amide bonds. The summed E-state index contributed by atoms with van der Waals surface area (Å²) in [4.78, 5) is 39.1. The maximum atomic E-state index is 12.8. The van der Waals surface area contributed by atoms with Gasteiger partial charge < -0.3 is 10.6 Å². The second-order valence-electron chi connectivity index (χ2n) is 7.82. The molecule has 1 fully saturated rings. The van der Waals surface area contributed by atoms with Crippen molar-refractivity contribution < 1.29 is 14.4 Å². The fourth-order valence-corrected chi connectivity index (χ4v) is 4.32. The summed E-state index contributed by atoms with van der Waals surface area (Å²) in [5.41, 5.74) is 1.74. The molecule has 2 N–H and O–H groups in total. The molecular weight excluding hydrogens is 440 g/mol. The van der Waals surface area contributed by atoms with E-state index < -0.39 is 12.1 Å². The van der Waals surface area contributed by atoms with E-state index in [9.17, 15) is 14.4 Å². The number of rotatable bonds is 10. The fraction of sp³-hybridized carbons (Fsp3) is 0.348. The van der Waals surface area contributed by atoms with Gasteiger partial charge in [-0.15, -0.1) is 10.2 Å². The van der Waals surface area contributed by atoms with E-state index in [4.69, 9.17) is 0 Å². The summed E-state index contributed by atoms with van der Waals surface area (Å²) in [6.07, 6.45) is 4.96. The smallest absolute Gasteiger partial charge is 0.324 e. The van der Waals surface area contributed by atoms with Gasteiger partial charge in [-0.25, -0.2) is 4.79 Å². The molecule has 33 heavy (non-hydrogen) atoms. The van der Waals surface area contributed by atoms with E-state index in [-0.39, 0.29) is 30.8 Å². The lowest BCUT2D eigenvalue weighted by atomic mass is 10.1. The van der Waals surface area contributed by atoms with Crippen LogP contribution in [0.15, 0.2) is 54.7 Å². The van der Waals surface area contributed by atoms with E-state index in [2.05, 4.69) is 20.8 Å². The first-order valence-corrected chi connectivity index (χ1v) is 12.2. The summed E-state index contributed by atoms with van der Waals surface area (Å²) in [6, 6.07) is 13.6. The highest BCUT2D eigenvalue weighted by Gasteiger charge is 2.39. The first-order valence-electron chi connectivity index (χ1n) is 10.8. The number of urea groups is 1. The van der Waals surface area contributed by atoms with E-state index in [0.717, 1.165) is 11.3 Å². The zero-order chi connectivity index (χ0) is 23.2. The fourth-order valence-electron chi connectivity index (χ4n) is 3.85. The van der Waals surface area contributed by atoms with Crippen molar-refractivity contribution in [2.24, 2.45) is 0 Å². The molecule has 0 unspecified atom stereocenters. The predicted molar refractivity (Wildman–Crippen MR) is 126 cm³/mol. The molecule has 9 nitrogen and oxygen atoms in total. The molecule has 0 bridgehead atoms. The summed E-state index contributed by atoms with van der Waals surface area (Å²) < 4.78 is 1.85. The quantitative estimate of drug-likeness (QED) is 0.444. The molecule has 3 aromatic rings. The third kappa shape index (κ3) is 5.33. The minimum Gasteiger partial charge on any atom is -0.346 e. The van der Waals surface area contributed by atoms with Crippen molar-refractivity contribution in [3.05, 3.63) is 66.1 Å². The molecule has 2 atom stereocenters. The number of carbonyl (C=O) groups excluding carboxylic acids is 3. The molecule has 1 saturated heterocycles. The van der Waals surface area contributed by atoms with Crippen LogP contribution in [-0.4, -0.2) is 61.9 Å². The number of amides is 4. The SMILES string of the molecule is CSCC[C@H](NC(=O)C[C@@H]1NC(=O)N(CCc2ccccc2)C1=O)c1nnc2ccccn12. The average Bonchev–Trinajstić information content (AvgIpc) is 3.36. The topological polar surface area (TPSA) is 109 Å². The Hall–Kier alpha value is -3.40. The predicted octanol–water partition coefficient (Wildman–Crippen LogP) is 2.19. The molecule has 0 aliphatic carbocycles. The Morgan fingerprint density at radius 2 is 1.94 bits per heavy atom. The van der Waals surface area contributed by atoms with Crippen molar-refractivity contribution in [2.45, 2.75) is 31.3 Å². The van der Waals surface area contributed by atoms with Crippen LogP contribution in [0.25, 0.3) is 5.65 Å². The number of thioether (sulfide) groups is 1. The van der Waals surface area contributed by atoms with Crippen LogP contribution in [0.3, 0.4) is 0 Å². The van der Waals surface area contributed by atoms with E-state index in [1.807, 2.05) is 65.4 Å².